The van der Waals surface area contributed by atoms with E-state index in [1.165, 1.54) is 5.56 Å². The Balaban J connectivity index is 1.46. The van der Waals surface area contributed by atoms with Gasteiger partial charge in [-0.2, -0.15) is 0 Å². The number of aromatic nitrogens is 1. The van der Waals surface area contributed by atoms with E-state index in [1.807, 2.05) is 73.7 Å². The second kappa shape index (κ2) is 9.30. The number of hydrogen-bond donors (Lipinski definition) is 1. The molecule has 4 aromatic rings. The van der Waals surface area contributed by atoms with Crippen LogP contribution in [0.1, 0.15) is 21.5 Å². The maximum Gasteiger partial charge on any atom is 0.252 e. The number of nitrogens with zero attached hydrogens (tertiary/aromatic N) is 1. The van der Waals surface area contributed by atoms with Crippen LogP contribution in [0.5, 0.6) is 5.75 Å². The number of aryl methyl sites for hydroxylation is 1. The summed E-state index contributed by atoms with van der Waals surface area (Å²) < 4.78 is 11.2. The summed E-state index contributed by atoms with van der Waals surface area (Å²) in [4.78, 5) is 17.3. The van der Waals surface area contributed by atoms with Crippen LogP contribution in [-0.2, 0) is 6.42 Å². The molecule has 3 aromatic carbocycles. The van der Waals surface area contributed by atoms with Gasteiger partial charge < -0.3 is 14.5 Å². The van der Waals surface area contributed by atoms with Crippen LogP contribution >= 0.6 is 0 Å². The number of hydrogen-bond acceptors (Lipinski definition) is 4. The van der Waals surface area contributed by atoms with Crippen LogP contribution in [0.25, 0.3) is 22.8 Å². The van der Waals surface area contributed by atoms with Gasteiger partial charge in [-0.05, 0) is 43.2 Å². The fourth-order valence-electron chi connectivity index (χ4n) is 3.33. The molecule has 5 heteroatoms. The number of ether oxygens (including phenoxy) is 1. The Labute approximate surface area is 181 Å². The van der Waals surface area contributed by atoms with E-state index in [0.717, 1.165) is 23.3 Å². The van der Waals surface area contributed by atoms with Gasteiger partial charge in [0.05, 0.1) is 18.9 Å². The van der Waals surface area contributed by atoms with Crippen LogP contribution in [0.15, 0.2) is 83.4 Å². The smallest absolute Gasteiger partial charge is 0.252 e. The number of benzene rings is 3. The molecule has 156 valence electrons. The van der Waals surface area contributed by atoms with Crippen molar-refractivity contribution in [1.29, 1.82) is 0 Å². The van der Waals surface area contributed by atoms with Gasteiger partial charge in [0, 0.05) is 17.7 Å². The molecule has 0 radical (unpaired) electrons. The van der Waals surface area contributed by atoms with Crippen LogP contribution in [0.2, 0.25) is 0 Å². The minimum absolute atomic E-state index is 0.154. The average Bonchev–Trinajstić information content (AvgIpc) is 3.30. The van der Waals surface area contributed by atoms with Crippen molar-refractivity contribution < 1.29 is 13.9 Å². The van der Waals surface area contributed by atoms with E-state index < -0.39 is 0 Å². The molecule has 0 unspecified atom stereocenters. The normalized spacial score (nSPS) is 10.6. The van der Waals surface area contributed by atoms with Crippen molar-refractivity contribution in [3.05, 3.63) is 95.7 Å². The van der Waals surface area contributed by atoms with Gasteiger partial charge >= 0.3 is 0 Å². The molecule has 1 aromatic heterocycles. The van der Waals surface area contributed by atoms with Gasteiger partial charge in [0.25, 0.3) is 5.91 Å². The Kier molecular flexibility index (Phi) is 6.13. The first-order chi connectivity index (χ1) is 15.1. The first-order valence-corrected chi connectivity index (χ1v) is 10.2. The van der Waals surface area contributed by atoms with E-state index in [1.54, 1.807) is 19.4 Å². The summed E-state index contributed by atoms with van der Waals surface area (Å²) in [6.45, 7) is 2.57. The molecule has 0 fully saturated rings. The molecule has 0 spiro atoms. The first kappa shape index (κ1) is 20.4. The number of methoxy groups -OCH3 is 1. The van der Waals surface area contributed by atoms with Gasteiger partial charge in [0.15, 0.2) is 5.76 Å². The van der Waals surface area contributed by atoms with Gasteiger partial charge in [-0.25, -0.2) is 4.98 Å². The largest absolute Gasteiger partial charge is 0.497 e. The highest BCUT2D eigenvalue weighted by Crippen LogP contribution is 2.28. The average molecular weight is 412 g/mol. The molecule has 1 heterocycles. The van der Waals surface area contributed by atoms with Crippen molar-refractivity contribution in [2.75, 3.05) is 13.7 Å². The second-order valence-electron chi connectivity index (χ2n) is 7.30. The molecular weight excluding hydrogens is 388 g/mol. The molecule has 0 aliphatic heterocycles. The SMILES string of the molecule is COc1ccc(CCNC(=O)c2ccccc2-c2ncc(-c3ccc(C)cc3)o2)cc1. The summed E-state index contributed by atoms with van der Waals surface area (Å²) in [5.74, 6) is 1.76. The number of carbonyl (C=O) groups excluding carboxylic acids is 1. The molecule has 5 nitrogen and oxygen atoms in total. The topological polar surface area (TPSA) is 64.4 Å². The van der Waals surface area contributed by atoms with E-state index in [2.05, 4.69) is 10.3 Å². The Hall–Kier alpha value is -3.86. The van der Waals surface area contributed by atoms with Gasteiger partial charge in [-0.15, -0.1) is 0 Å². The lowest BCUT2D eigenvalue weighted by molar-refractivity contribution is 0.0954. The number of carbonyl (C=O) groups is 1. The van der Waals surface area contributed by atoms with E-state index in [0.29, 0.717) is 29.3 Å². The maximum absolute atomic E-state index is 12.8. The van der Waals surface area contributed by atoms with Crippen molar-refractivity contribution in [3.8, 4) is 28.5 Å². The second-order valence-corrected chi connectivity index (χ2v) is 7.30. The van der Waals surface area contributed by atoms with Crippen LogP contribution < -0.4 is 10.1 Å². The Morgan fingerprint density at radius 3 is 2.48 bits per heavy atom. The number of oxazole rings is 1. The van der Waals surface area contributed by atoms with E-state index in [-0.39, 0.29) is 5.91 Å². The monoisotopic (exact) mass is 412 g/mol. The molecule has 0 saturated carbocycles. The molecule has 0 aliphatic carbocycles. The predicted octanol–water partition coefficient (Wildman–Crippen LogP) is 5.30. The van der Waals surface area contributed by atoms with Gasteiger partial charge in [-0.1, -0.05) is 54.1 Å². The zero-order valence-corrected chi connectivity index (χ0v) is 17.6. The van der Waals surface area contributed by atoms with Crippen molar-refractivity contribution >= 4 is 5.91 Å². The first-order valence-electron chi connectivity index (χ1n) is 10.2. The van der Waals surface area contributed by atoms with Gasteiger partial charge in [0.2, 0.25) is 5.89 Å². The summed E-state index contributed by atoms with van der Waals surface area (Å²) in [5, 5.41) is 2.99. The third-order valence-electron chi connectivity index (χ3n) is 5.10. The van der Waals surface area contributed by atoms with Crippen LogP contribution in [-0.4, -0.2) is 24.5 Å². The number of amides is 1. The summed E-state index contributed by atoms with van der Waals surface area (Å²) in [6.07, 6.45) is 2.42. The molecule has 0 atom stereocenters. The zero-order valence-electron chi connectivity index (χ0n) is 17.6. The third kappa shape index (κ3) is 4.83. The minimum Gasteiger partial charge on any atom is -0.497 e. The van der Waals surface area contributed by atoms with Crippen LogP contribution in [0, 0.1) is 6.92 Å². The highest BCUT2D eigenvalue weighted by atomic mass is 16.5. The van der Waals surface area contributed by atoms with E-state index in [4.69, 9.17) is 9.15 Å². The molecule has 0 bridgehead atoms. The summed E-state index contributed by atoms with van der Waals surface area (Å²) in [7, 11) is 1.64. The third-order valence-corrected chi connectivity index (χ3v) is 5.10. The van der Waals surface area contributed by atoms with E-state index in [9.17, 15) is 4.79 Å². The molecule has 4 rings (SSSR count). The number of rotatable bonds is 7. The lowest BCUT2D eigenvalue weighted by atomic mass is 10.1. The van der Waals surface area contributed by atoms with Crippen molar-refractivity contribution in [2.24, 2.45) is 0 Å². The van der Waals surface area contributed by atoms with Crippen LogP contribution in [0.4, 0.5) is 0 Å². The Morgan fingerprint density at radius 1 is 1.00 bits per heavy atom. The highest BCUT2D eigenvalue weighted by Gasteiger charge is 2.16. The van der Waals surface area contributed by atoms with Gasteiger partial charge in [0.1, 0.15) is 5.75 Å². The highest BCUT2D eigenvalue weighted by molar-refractivity contribution is 6.00. The fraction of sp³-hybridized carbons (Fsp3) is 0.154. The fourth-order valence-corrected chi connectivity index (χ4v) is 3.33. The molecule has 0 saturated heterocycles. The summed E-state index contributed by atoms with van der Waals surface area (Å²) in [5.41, 5.74) is 4.47. The predicted molar refractivity (Wildman–Crippen MR) is 121 cm³/mol. The molecule has 1 N–H and O–H groups in total. The standard InChI is InChI=1S/C26H24N2O3/c1-18-7-11-20(12-8-18)24-17-28-26(31-24)23-6-4-3-5-22(23)25(29)27-16-15-19-9-13-21(30-2)14-10-19/h3-14,17H,15-16H2,1-2H3,(H,27,29). The van der Waals surface area contributed by atoms with E-state index >= 15 is 0 Å². The minimum atomic E-state index is -0.154. The van der Waals surface area contributed by atoms with Crippen molar-refractivity contribution in [2.45, 2.75) is 13.3 Å². The summed E-state index contributed by atoms with van der Waals surface area (Å²) >= 11 is 0. The Morgan fingerprint density at radius 2 is 1.74 bits per heavy atom. The maximum atomic E-state index is 12.8. The molecule has 1 amide bonds. The van der Waals surface area contributed by atoms with Crippen molar-refractivity contribution in [1.82, 2.24) is 10.3 Å². The molecule has 0 aliphatic rings. The quantitative estimate of drug-likeness (QED) is 0.447. The number of nitrogens with one attached hydrogen (secondary N) is 1. The van der Waals surface area contributed by atoms with Crippen molar-refractivity contribution in [3.63, 3.8) is 0 Å². The molecular formula is C26H24N2O3. The molecule has 31 heavy (non-hydrogen) atoms. The van der Waals surface area contributed by atoms with Crippen LogP contribution in [0.3, 0.4) is 0 Å². The lowest BCUT2D eigenvalue weighted by Gasteiger charge is -2.09. The summed E-state index contributed by atoms with van der Waals surface area (Å²) in [6, 6.07) is 23.2. The lowest BCUT2D eigenvalue weighted by Crippen LogP contribution is -2.26. The zero-order chi connectivity index (χ0) is 21.6. The van der Waals surface area contributed by atoms with Gasteiger partial charge in [-0.3, -0.25) is 4.79 Å². The Bertz CT molecular complexity index is 1160.